The Morgan fingerprint density at radius 3 is 2.75 bits per heavy atom. The number of nitrogens with zero attached hydrogens (tertiary/aromatic N) is 2. The first-order chi connectivity index (χ1) is 9.79. The van der Waals surface area contributed by atoms with Gasteiger partial charge in [0.15, 0.2) is 0 Å². The van der Waals surface area contributed by atoms with Crippen molar-refractivity contribution in [3.8, 4) is 0 Å². The number of hydrogen-bond donors (Lipinski definition) is 1. The van der Waals surface area contributed by atoms with Crippen molar-refractivity contribution >= 4 is 11.8 Å². The molecule has 0 fully saturated rings. The van der Waals surface area contributed by atoms with Gasteiger partial charge in [-0.2, -0.15) is 0 Å². The highest BCUT2D eigenvalue weighted by molar-refractivity contribution is 7.99. The lowest BCUT2D eigenvalue weighted by Gasteiger charge is -2.18. The van der Waals surface area contributed by atoms with Crippen LogP contribution >= 0.6 is 11.8 Å². The second-order valence-corrected chi connectivity index (χ2v) is 6.03. The lowest BCUT2D eigenvalue weighted by Crippen LogP contribution is -2.34. The first kappa shape index (κ1) is 15.1. The van der Waals surface area contributed by atoms with Crippen molar-refractivity contribution < 1.29 is 0 Å². The van der Waals surface area contributed by atoms with E-state index in [0.717, 1.165) is 31.0 Å². The summed E-state index contributed by atoms with van der Waals surface area (Å²) in [6.07, 6.45) is 6.02. The molecule has 2 rings (SSSR count). The molecule has 0 spiro atoms. The third-order valence-electron chi connectivity index (χ3n) is 3.23. The summed E-state index contributed by atoms with van der Waals surface area (Å²) >= 11 is 1.91. The van der Waals surface area contributed by atoms with Gasteiger partial charge in [0, 0.05) is 42.6 Å². The van der Waals surface area contributed by atoms with E-state index in [1.807, 2.05) is 24.2 Å². The van der Waals surface area contributed by atoms with Crippen molar-refractivity contribution in [2.75, 3.05) is 12.3 Å². The molecular weight excluding hydrogens is 266 g/mol. The Morgan fingerprint density at radius 2 is 2.10 bits per heavy atom. The van der Waals surface area contributed by atoms with Crippen LogP contribution in [0.1, 0.15) is 19.2 Å². The van der Waals surface area contributed by atoms with E-state index < -0.39 is 0 Å². The molecule has 1 aromatic heterocycles. The molecule has 1 N–H and O–H groups in total. The lowest BCUT2D eigenvalue weighted by atomic mass is 10.2. The smallest absolute Gasteiger partial charge is 0.109 e. The fraction of sp³-hybridized carbons (Fsp3) is 0.438. The van der Waals surface area contributed by atoms with Crippen LogP contribution in [0.5, 0.6) is 0 Å². The second-order valence-electron chi connectivity index (χ2n) is 4.93. The highest BCUT2D eigenvalue weighted by Crippen LogP contribution is 2.19. The van der Waals surface area contributed by atoms with Crippen LogP contribution in [0.3, 0.4) is 0 Å². The minimum atomic E-state index is 0.459. The SMILES string of the molecule is CCCNC(CSc1ccccc1)Cc1nccn1C. The minimum absolute atomic E-state index is 0.459. The average molecular weight is 289 g/mol. The van der Waals surface area contributed by atoms with E-state index in [0.29, 0.717) is 6.04 Å². The number of aromatic nitrogens is 2. The first-order valence-corrected chi connectivity index (χ1v) is 8.15. The van der Waals surface area contributed by atoms with Crippen LogP contribution < -0.4 is 5.32 Å². The molecule has 0 aliphatic carbocycles. The van der Waals surface area contributed by atoms with Gasteiger partial charge in [-0.25, -0.2) is 4.98 Å². The summed E-state index contributed by atoms with van der Waals surface area (Å²) in [7, 11) is 2.06. The predicted octanol–water partition coefficient (Wildman–Crippen LogP) is 3.12. The summed E-state index contributed by atoms with van der Waals surface area (Å²) in [4.78, 5) is 5.76. The molecular formula is C16H23N3S. The lowest BCUT2D eigenvalue weighted by molar-refractivity contribution is 0.532. The largest absolute Gasteiger partial charge is 0.338 e. The highest BCUT2D eigenvalue weighted by atomic mass is 32.2. The number of nitrogens with one attached hydrogen (secondary N) is 1. The summed E-state index contributed by atoms with van der Waals surface area (Å²) in [6.45, 7) is 3.26. The quantitative estimate of drug-likeness (QED) is 0.757. The van der Waals surface area contributed by atoms with Gasteiger partial charge in [0.25, 0.3) is 0 Å². The van der Waals surface area contributed by atoms with Crippen molar-refractivity contribution in [1.82, 2.24) is 14.9 Å². The number of hydrogen-bond acceptors (Lipinski definition) is 3. The topological polar surface area (TPSA) is 29.9 Å². The summed E-state index contributed by atoms with van der Waals surface area (Å²) in [6, 6.07) is 11.0. The van der Waals surface area contributed by atoms with Gasteiger partial charge in [0.2, 0.25) is 0 Å². The van der Waals surface area contributed by atoms with E-state index in [9.17, 15) is 0 Å². The van der Waals surface area contributed by atoms with E-state index in [2.05, 4.69) is 59.2 Å². The highest BCUT2D eigenvalue weighted by Gasteiger charge is 2.12. The molecule has 0 bridgehead atoms. The molecule has 0 radical (unpaired) electrons. The normalized spacial score (nSPS) is 12.5. The monoisotopic (exact) mass is 289 g/mol. The van der Waals surface area contributed by atoms with Gasteiger partial charge in [-0.15, -0.1) is 11.8 Å². The number of thioether (sulfide) groups is 1. The molecule has 0 aliphatic heterocycles. The summed E-state index contributed by atoms with van der Waals surface area (Å²) in [5, 5.41) is 3.63. The van der Waals surface area contributed by atoms with E-state index in [1.54, 1.807) is 0 Å². The maximum absolute atomic E-state index is 4.43. The summed E-state index contributed by atoms with van der Waals surface area (Å²) in [5.41, 5.74) is 0. The van der Waals surface area contributed by atoms with Crippen LogP contribution in [0, 0.1) is 0 Å². The molecule has 0 amide bonds. The zero-order valence-electron chi connectivity index (χ0n) is 12.2. The zero-order chi connectivity index (χ0) is 14.2. The standard InChI is InChI=1S/C16H23N3S/c1-3-9-17-14(12-16-18-10-11-19(16)2)13-20-15-7-5-4-6-8-15/h4-8,10-11,14,17H,3,9,12-13H2,1-2H3. The zero-order valence-corrected chi connectivity index (χ0v) is 13.1. The Labute approximate surface area is 125 Å². The number of rotatable bonds is 8. The van der Waals surface area contributed by atoms with Gasteiger partial charge >= 0.3 is 0 Å². The molecule has 0 aliphatic rings. The van der Waals surface area contributed by atoms with Crippen LogP contribution in [0.4, 0.5) is 0 Å². The second kappa shape index (κ2) is 8.12. The molecule has 2 aromatic rings. The van der Waals surface area contributed by atoms with Crippen LogP contribution in [-0.2, 0) is 13.5 Å². The summed E-state index contributed by atoms with van der Waals surface area (Å²) in [5.74, 6) is 2.21. The Morgan fingerprint density at radius 1 is 1.30 bits per heavy atom. The number of benzene rings is 1. The molecule has 1 atom stereocenters. The molecule has 20 heavy (non-hydrogen) atoms. The molecule has 0 saturated heterocycles. The summed E-state index contributed by atoms with van der Waals surface area (Å²) < 4.78 is 2.10. The molecule has 4 heteroatoms. The first-order valence-electron chi connectivity index (χ1n) is 7.17. The van der Waals surface area contributed by atoms with Crippen LogP contribution in [-0.4, -0.2) is 27.9 Å². The molecule has 1 aromatic carbocycles. The third-order valence-corrected chi connectivity index (χ3v) is 4.40. The molecule has 0 saturated carbocycles. The minimum Gasteiger partial charge on any atom is -0.338 e. The fourth-order valence-electron chi connectivity index (χ4n) is 2.07. The van der Waals surface area contributed by atoms with Crippen molar-refractivity contribution in [1.29, 1.82) is 0 Å². The Bertz CT molecular complexity index is 495. The van der Waals surface area contributed by atoms with Crippen molar-refractivity contribution in [2.45, 2.75) is 30.7 Å². The van der Waals surface area contributed by atoms with Gasteiger partial charge in [-0.05, 0) is 25.1 Å². The molecule has 108 valence electrons. The molecule has 3 nitrogen and oxygen atoms in total. The van der Waals surface area contributed by atoms with Crippen molar-refractivity contribution in [2.24, 2.45) is 7.05 Å². The van der Waals surface area contributed by atoms with Gasteiger partial charge in [0.05, 0.1) is 0 Å². The maximum atomic E-state index is 4.43. The molecule has 1 unspecified atom stereocenters. The molecule has 1 heterocycles. The van der Waals surface area contributed by atoms with Gasteiger partial charge < -0.3 is 9.88 Å². The van der Waals surface area contributed by atoms with Crippen molar-refractivity contribution in [3.05, 3.63) is 48.5 Å². The Hall–Kier alpha value is -1.26. The van der Waals surface area contributed by atoms with Crippen LogP contribution in [0.15, 0.2) is 47.6 Å². The van der Waals surface area contributed by atoms with E-state index >= 15 is 0 Å². The number of imidazole rings is 1. The van der Waals surface area contributed by atoms with Gasteiger partial charge in [-0.1, -0.05) is 25.1 Å². The van der Waals surface area contributed by atoms with Gasteiger partial charge in [0.1, 0.15) is 5.82 Å². The maximum Gasteiger partial charge on any atom is 0.109 e. The van der Waals surface area contributed by atoms with E-state index in [1.165, 1.54) is 4.90 Å². The number of aryl methyl sites for hydroxylation is 1. The van der Waals surface area contributed by atoms with Crippen LogP contribution in [0.2, 0.25) is 0 Å². The third kappa shape index (κ3) is 4.69. The van der Waals surface area contributed by atoms with E-state index in [4.69, 9.17) is 0 Å². The van der Waals surface area contributed by atoms with Crippen molar-refractivity contribution in [3.63, 3.8) is 0 Å². The predicted molar refractivity (Wildman–Crippen MR) is 86.2 cm³/mol. The van der Waals surface area contributed by atoms with E-state index in [-0.39, 0.29) is 0 Å². The Kier molecular flexibility index (Phi) is 6.15. The fourth-order valence-corrected chi connectivity index (χ4v) is 3.04. The Balaban J connectivity index is 1.91. The van der Waals surface area contributed by atoms with Gasteiger partial charge in [-0.3, -0.25) is 0 Å². The average Bonchev–Trinajstić information content (AvgIpc) is 2.88. The van der Waals surface area contributed by atoms with Crippen LogP contribution in [0.25, 0.3) is 0 Å².